The molecule has 120 valence electrons. The van der Waals surface area contributed by atoms with Crippen molar-refractivity contribution in [1.29, 1.82) is 0 Å². The number of aromatic nitrogens is 4. The van der Waals surface area contributed by atoms with Crippen molar-refractivity contribution < 1.29 is 4.74 Å². The molecule has 1 aliphatic carbocycles. The topological polar surface area (TPSA) is 64.0 Å². The lowest BCUT2D eigenvalue weighted by atomic mass is 9.98. The third kappa shape index (κ3) is 3.57. The predicted octanol–water partition coefficient (Wildman–Crippen LogP) is 2.44. The molecule has 0 unspecified atom stereocenters. The van der Waals surface area contributed by atoms with Crippen molar-refractivity contribution in [3.63, 3.8) is 0 Å². The van der Waals surface area contributed by atoms with Crippen LogP contribution in [-0.2, 0) is 0 Å². The van der Waals surface area contributed by atoms with Gasteiger partial charge in [0.1, 0.15) is 11.6 Å². The highest BCUT2D eigenvalue weighted by atomic mass is 16.5. The molecule has 0 spiro atoms. The largest absolute Gasteiger partial charge is 0.476 e. The fourth-order valence-electron chi connectivity index (χ4n) is 2.97. The molecule has 1 aliphatic heterocycles. The van der Waals surface area contributed by atoms with Gasteiger partial charge in [-0.3, -0.25) is 4.98 Å². The minimum atomic E-state index is 0.568. The summed E-state index contributed by atoms with van der Waals surface area (Å²) in [6.45, 7) is 2.76. The fourth-order valence-corrected chi connectivity index (χ4v) is 2.97. The summed E-state index contributed by atoms with van der Waals surface area (Å²) in [6.07, 6.45) is 11.6. The highest BCUT2D eigenvalue weighted by Gasteiger charge is 2.27. The quantitative estimate of drug-likeness (QED) is 0.845. The molecule has 0 bridgehead atoms. The molecule has 1 saturated carbocycles. The van der Waals surface area contributed by atoms with Crippen molar-refractivity contribution in [2.45, 2.75) is 31.6 Å². The van der Waals surface area contributed by atoms with Gasteiger partial charge in [-0.05, 0) is 37.7 Å². The molecule has 1 saturated heterocycles. The maximum atomic E-state index is 5.73. The number of anilines is 1. The van der Waals surface area contributed by atoms with Crippen LogP contribution in [0, 0.1) is 5.92 Å². The van der Waals surface area contributed by atoms with Gasteiger partial charge in [0.05, 0.1) is 12.8 Å². The Morgan fingerprint density at radius 3 is 2.65 bits per heavy atom. The molecule has 2 aliphatic rings. The monoisotopic (exact) mass is 311 g/mol. The van der Waals surface area contributed by atoms with Gasteiger partial charge in [0, 0.05) is 37.6 Å². The fraction of sp³-hybridized carbons (Fsp3) is 0.529. The van der Waals surface area contributed by atoms with E-state index < -0.39 is 0 Å². The van der Waals surface area contributed by atoms with Crippen LogP contribution >= 0.6 is 0 Å². The molecule has 23 heavy (non-hydrogen) atoms. The molecule has 2 fully saturated rings. The minimum Gasteiger partial charge on any atom is -0.476 e. The molecular formula is C17H21N5O. The summed E-state index contributed by atoms with van der Waals surface area (Å²) < 4.78 is 5.73. The van der Waals surface area contributed by atoms with Crippen molar-refractivity contribution in [2.24, 2.45) is 5.92 Å². The van der Waals surface area contributed by atoms with E-state index in [1.807, 2.05) is 12.3 Å². The third-order valence-corrected chi connectivity index (χ3v) is 4.55. The number of hydrogen-bond donors (Lipinski definition) is 0. The van der Waals surface area contributed by atoms with Gasteiger partial charge in [-0.2, -0.15) is 0 Å². The lowest BCUT2D eigenvalue weighted by Gasteiger charge is -2.32. The maximum absolute atomic E-state index is 5.73. The van der Waals surface area contributed by atoms with Crippen LogP contribution in [0.4, 0.5) is 5.82 Å². The second kappa shape index (κ2) is 6.48. The molecule has 6 heteroatoms. The zero-order valence-corrected chi connectivity index (χ0v) is 13.1. The Balaban J connectivity index is 1.29. The van der Waals surface area contributed by atoms with Crippen LogP contribution in [0.5, 0.6) is 5.88 Å². The molecular weight excluding hydrogens is 290 g/mol. The summed E-state index contributed by atoms with van der Waals surface area (Å²) >= 11 is 0. The Labute approximate surface area is 136 Å². The molecule has 6 nitrogen and oxygen atoms in total. The van der Waals surface area contributed by atoms with Gasteiger partial charge in [0.15, 0.2) is 0 Å². The molecule has 0 aromatic carbocycles. The van der Waals surface area contributed by atoms with Gasteiger partial charge in [-0.25, -0.2) is 15.0 Å². The first kappa shape index (κ1) is 14.4. The Bertz CT molecular complexity index is 638. The SMILES string of the molecule is c1cnc(OCC2CCN(c3ccnc(C4CC4)n3)CC2)cn1. The van der Waals surface area contributed by atoms with Gasteiger partial charge in [-0.1, -0.05) is 0 Å². The average molecular weight is 311 g/mol. The van der Waals surface area contributed by atoms with Crippen LogP contribution < -0.4 is 9.64 Å². The highest BCUT2D eigenvalue weighted by Crippen LogP contribution is 2.38. The van der Waals surface area contributed by atoms with Crippen LogP contribution in [0.15, 0.2) is 30.9 Å². The summed E-state index contributed by atoms with van der Waals surface area (Å²) in [5, 5.41) is 0. The molecule has 0 N–H and O–H groups in total. The van der Waals surface area contributed by atoms with Crippen LogP contribution in [0.1, 0.15) is 37.4 Å². The first-order valence-electron chi connectivity index (χ1n) is 8.35. The minimum absolute atomic E-state index is 0.568. The van der Waals surface area contributed by atoms with Gasteiger partial charge in [-0.15, -0.1) is 0 Å². The molecule has 0 amide bonds. The summed E-state index contributed by atoms with van der Waals surface area (Å²) in [4.78, 5) is 19.7. The average Bonchev–Trinajstić information content (AvgIpc) is 3.47. The molecule has 0 radical (unpaired) electrons. The van der Waals surface area contributed by atoms with E-state index in [0.717, 1.165) is 37.6 Å². The molecule has 0 atom stereocenters. The number of nitrogens with zero attached hydrogens (tertiary/aromatic N) is 5. The number of hydrogen-bond acceptors (Lipinski definition) is 6. The second-order valence-electron chi connectivity index (χ2n) is 6.33. The van der Waals surface area contributed by atoms with Crippen LogP contribution in [-0.4, -0.2) is 39.6 Å². The zero-order valence-electron chi connectivity index (χ0n) is 13.1. The molecule has 2 aromatic rings. The van der Waals surface area contributed by atoms with E-state index in [0.29, 0.717) is 24.3 Å². The normalized spacial score (nSPS) is 18.9. The van der Waals surface area contributed by atoms with Gasteiger partial charge in [0.2, 0.25) is 5.88 Å². The zero-order chi connectivity index (χ0) is 15.5. The Hall–Kier alpha value is -2.24. The van der Waals surface area contributed by atoms with Crippen molar-refractivity contribution >= 4 is 5.82 Å². The first-order valence-corrected chi connectivity index (χ1v) is 8.35. The molecule has 2 aromatic heterocycles. The summed E-state index contributed by atoms with van der Waals surface area (Å²) in [7, 11) is 0. The number of rotatable bonds is 5. The highest BCUT2D eigenvalue weighted by molar-refractivity contribution is 5.38. The Morgan fingerprint density at radius 2 is 1.91 bits per heavy atom. The van der Waals surface area contributed by atoms with Gasteiger partial charge < -0.3 is 9.64 Å². The van der Waals surface area contributed by atoms with Crippen LogP contribution in [0.3, 0.4) is 0 Å². The van der Waals surface area contributed by atoms with E-state index >= 15 is 0 Å². The number of ether oxygens (including phenoxy) is 1. The summed E-state index contributed by atoms with van der Waals surface area (Å²) in [6, 6.07) is 2.03. The van der Waals surface area contributed by atoms with E-state index in [2.05, 4.69) is 19.9 Å². The van der Waals surface area contributed by atoms with Crippen molar-refractivity contribution in [2.75, 3.05) is 24.6 Å². The molecule has 3 heterocycles. The summed E-state index contributed by atoms with van der Waals surface area (Å²) in [5.41, 5.74) is 0. The smallest absolute Gasteiger partial charge is 0.232 e. The lowest BCUT2D eigenvalue weighted by molar-refractivity contribution is 0.215. The van der Waals surface area contributed by atoms with Crippen molar-refractivity contribution in [3.8, 4) is 5.88 Å². The van der Waals surface area contributed by atoms with E-state index in [1.54, 1.807) is 18.6 Å². The molecule has 4 rings (SSSR count). The van der Waals surface area contributed by atoms with E-state index in [1.165, 1.54) is 12.8 Å². The Morgan fingerprint density at radius 1 is 1.04 bits per heavy atom. The third-order valence-electron chi connectivity index (χ3n) is 4.55. The van der Waals surface area contributed by atoms with Crippen LogP contribution in [0.2, 0.25) is 0 Å². The standard InChI is InChI=1S/C17H21N5O/c1-2-14(1)17-20-6-3-15(21-17)22-9-4-13(5-10-22)12-23-16-11-18-7-8-19-16/h3,6-8,11,13-14H,1-2,4-5,9-10,12H2. The van der Waals surface area contributed by atoms with E-state index in [9.17, 15) is 0 Å². The number of piperidine rings is 1. The van der Waals surface area contributed by atoms with Crippen molar-refractivity contribution in [3.05, 3.63) is 36.7 Å². The second-order valence-corrected chi connectivity index (χ2v) is 6.33. The van der Waals surface area contributed by atoms with E-state index in [4.69, 9.17) is 9.72 Å². The first-order chi connectivity index (χ1) is 11.4. The van der Waals surface area contributed by atoms with E-state index in [-0.39, 0.29) is 0 Å². The maximum Gasteiger partial charge on any atom is 0.232 e. The van der Waals surface area contributed by atoms with Crippen molar-refractivity contribution in [1.82, 2.24) is 19.9 Å². The van der Waals surface area contributed by atoms with Gasteiger partial charge >= 0.3 is 0 Å². The summed E-state index contributed by atoms with van der Waals surface area (Å²) in [5.74, 6) is 3.89. The van der Waals surface area contributed by atoms with Gasteiger partial charge in [0.25, 0.3) is 0 Å². The lowest BCUT2D eigenvalue weighted by Crippen LogP contribution is -2.36. The predicted molar refractivity (Wildman–Crippen MR) is 86.5 cm³/mol. The van der Waals surface area contributed by atoms with Crippen LogP contribution in [0.25, 0.3) is 0 Å². The Kier molecular flexibility index (Phi) is 4.05.